The molecule has 0 fully saturated rings. The van der Waals surface area contributed by atoms with Gasteiger partial charge in [-0.1, -0.05) is 159 Å². The lowest BCUT2D eigenvalue weighted by atomic mass is 9.82. The zero-order valence-corrected chi connectivity index (χ0v) is 37.9. The molecule has 69 heavy (non-hydrogen) atoms. The van der Waals surface area contributed by atoms with Gasteiger partial charge in [0.05, 0.1) is 21.9 Å². The van der Waals surface area contributed by atoms with Crippen LogP contribution >= 0.6 is 0 Å². The average molecular weight is 884 g/mol. The Balaban J connectivity index is 0.925. The second-order valence-corrected chi connectivity index (χ2v) is 19.1. The molecule has 0 amide bonds. The van der Waals surface area contributed by atoms with Crippen LogP contribution in [0.1, 0.15) is 25.0 Å². The molecule has 0 radical (unpaired) electrons. The summed E-state index contributed by atoms with van der Waals surface area (Å²) in [4.78, 5) is 7.55. The van der Waals surface area contributed by atoms with Gasteiger partial charge < -0.3 is 18.1 Å². The van der Waals surface area contributed by atoms with Gasteiger partial charge in [-0.3, -0.25) is 0 Å². The first-order valence-corrected chi connectivity index (χ1v) is 23.7. The van der Waals surface area contributed by atoms with E-state index in [0.29, 0.717) is 5.89 Å². The molecular weight excluding hydrogens is 843 g/mol. The summed E-state index contributed by atoms with van der Waals surface area (Å²) >= 11 is 0. The van der Waals surface area contributed by atoms with E-state index < -0.39 is 0 Å². The van der Waals surface area contributed by atoms with Crippen LogP contribution in [-0.4, -0.2) is 9.38 Å². The van der Waals surface area contributed by atoms with Crippen LogP contribution < -0.4 is 4.90 Å². The molecule has 4 aromatic heterocycles. The molecule has 0 spiro atoms. The van der Waals surface area contributed by atoms with Gasteiger partial charge >= 0.3 is 0 Å². The molecule has 0 N–H and O–H groups in total. The number of aromatic nitrogens is 2. The third-order valence-corrected chi connectivity index (χ3v) is 15.0. The Bertz CT molecular complexity index is 4390. The van der Waals surface area contributed by atoms with Gasteiger partial charge in [0.15, 0.2) is 5.58 Å². The van der Waals surface area contributed by atoms with Crippen molar-refractivity contribution in [2.45, 2.75) is 19.3 Å². The number of fused-ring (bicyclic) bond motifs is 14. The van der Waals surface area contributed by atoms with Crippen LogP contribution in [0.5, 0.6) is 0 Å². The van der Waals surface area contributed by atoms with E-state index in [2.05, 4.69) is 217 Å². The van der Waals surface area contributed by atoms with Crippen molar-refractivity contribution < 1.29 is 8.83 Å². The van der Waals surface area contributed by atoms with Crippen molar-refractivity contribution in [3.8, 4) is 44.8 Å². The Kier molecular flexibility index (Phi) is 7.78. The molecule has 0 aliphatic heterocycles. The molecule has 10 aromatic carbocycles. The maximum absolute atomic E-state index is 6.87. The summed E-state index contributed by atoms with van der Waals surface area (Å²) in [5.41, 5.74) is 20.6. The van der Waals surface area contributed by atoms with E-state index in [1.807, 2.05) is 18.2 Å². The van der Waals surface area contributed by atoms with E-state index in [1.54, 1.807) is 0 Å². The fourth-order valence-electron chi connectivity index (χ4n) is 11.7. The summed E-state index contributed by atoms with van der Waals surface area (Å²) < 4.78 is 16.0. The van der Waals surface area contributed by atoms with Crippen LogP contribution in [0.15, 0.2) is 221 Å². The molecule has 15 rings (SSSR count). The fourth-order valence-corrected chi connectivity index (χ4v) is 11.7. The Hall–Kier alpha value is -8.93. The van der Waals surface area contributed by atoms with E-state index in [9.17, 15) is 0 Å². The highest BCUT2D eigenvalue weighted by atomic mass is 16.3. The number of furan rings is 1. The molecule has 0 saturated carbocycles. The monoisotopic (exact) mass is 883 g/mol. The van der Waals surface area contributed by atoms with E-state index in [0.717, 1.165) is 116 Å². The molecule has 0 bridgehead atoms. The highest BCUT2D eigenvalue weighted by Crippen LogP contribution is 2.52. The smallest absolute Gasteiger partial charge is 0.227 e. The lowest BCUT2D eigenvalue weighted by molar-refractivity contribution is 0.623. The van der Waals surface area contributed by atoms with Crippen LogP contribution in [0.25, 0.3) is 116 Å². The number of para-hydroxylation sites is 3. The predicted molar refractivity (Wildman–Crippen MR) is 285 cm³/mol. The van der Waals surface area contributed by atoms with Crippen LogP contribution in [0.3, 0.4) is 0 Å². The molecule has 14 aromatic rings. The van der Waals surface area contributed by atoms with Crippen LogP contribution in [0.2, 0.25) is 0 Å². The number of benzene rings is 10. The molecule has 0 saturated heterocycles. The SMILES string of the molecule is CC1(C)c2ccccc2-c2ccc(N(c3ccc(-c4cccc5c4oc4c(-c6ccccc6)cccc45)cc3)c3ccc4c(c3)c3cc5nc(-c6ccccc6)oc5c5c6ccccc6n4c35)cc21. The maximum atomic E-state index is 6.87. The zero-order valence-electron chi connectivity index (χ0n) is 37.9. The van der Waals surface area contributed by atoms with Gasteiger partial charge in [0.25, 0.3) is 0 Å². The van der Waals surface area contributed by atoms with Crippen molar-refractivity contribution in [3.63, 3.8) is 0 Å². The highest BCUT2D eigenvalue weighted by molar-refractivity contribution is 6.30. The summed E-state index contributed by atoms with van der Waals surface area (Å²) in [7, 11) is 0. The second kappa shape index (κ2) is 14.0. The molecule has 1 aliphatic rings. The normalized spacial score (nSPS) is 13.2. The summed E-state index contributed by atoms with van der Waals surface area (Å²) in [6.45, 7) is 4.70. The quantitative estimate of drug-likeness (QED) is 0.167. The Morgan fingerprint density at radius 3 is 1.75 bits per heavy atom. The lowest BCUT2D eigenvalue weighted by Crippen LogP contribution is -2.16. The number of nitrogens with zero attached hydrogens (tertiary/aromatic N) is 3. The van der Waals surface area contributed by atoms with Gasteiger partial charge in [-0.15, -0.1) is 0 Å². The maximum Gasteiger partial charge on any atom is 0.227 e. The van der Waals surface area contributed by atoms with Crippen molar-refractivity contribution in [1.29, 1.82) is 0 Å². The summed E-state index contributed by atoms with van der Waals surface area (Å²) in [5, 5.41) is 6.78. The number of anilines is 3. The standard InChI is InChI=1S/C64H41N3O2/c1-64(2)53-25-11-9-19-46(53)47-33-31-43(36-54(47)64)66(41-29-27-39(28-30-41)45-22-14-24-49-48-23-13-21-44(60(48)68-61(45)49)38-15-5-3-6-16-38)42-32-34-57-51(35-42)52-37-55-62(69-63(65-55)40-17-7-4-8-18-40)58-50-20-10-12-26-56(50)67(57)59(52)58/h3-37H,1-2H3. The van der Waals surface area contributed by atoms with Crippen molar-refractivity contribution in [2.24, 2.45) is 0 Å². The average Bonchev–Trinajstić information content (AvgIpc) is 4.21. The Morgan fingerprint density at radius 2 is 0.986 bits per heavy atom. The number of oxazole rings is 1. The van der Waals surface area contributed by atoms with Gasteiger partial charge in [-0.25, -0.2) is 4.98 Å². The van der Waals surface area contributed by atoms with Gasteiger partial charge in [0.1, 0.15) is 16.7 Å². The predicted octanol–water partition coefficient (Wildman–Crippen LogP) is 17.7. The Morgan fingerprint density at radius 1 is 0.406 bits per heavy atom. The van der Waals surface area contributed by atoms with Crippen LogP contribution in [-0.2, 0) is 5.41 Å². The second-order valence-electron chi connectivity index (χ2n) is 19.1. The van der Waals surface area contributed by atoms with Crippen LogP contribution in [0.4, 0.5) is 17.1 Å². The third kappa shape index (κ3) is 5.38. The fraction of sp³-hybridized carbons (Fsp3) is 0.0469. The number of hydrogen-bond acceptors (Lipinski definition) is 4. The molecule has 5 heteroatoms. The van der Waals surface area contributed by atoms with Crippen molar-refractivity contribution >= 4 is 88.2 Å². The first-order chi connectivity index (χ1) is 34.0. The van der Waals surface area contributed by atoms with Crippen molar-refractivity contribution in [3.05, 3.63) is 223 Å². The Labute approximate surface area is 397 Å². The molecule has 4 heterocycles. The van der Waals surface area contributed by atoms with Gasteiger partial charge in [0.2, 0.25) is 5.89 Å². The summed E-state index contributed by atoms with van der Waals surface area (Å²) in [6.07, 6.45) is 0. The van der Waals surface area contributed by atoms with Gasteiger partial charge in [-0.2, -0.15) is 0 Å². The molecule has 0 unspecified atom stereocenters. The minimum absolute atomic E-state index is 0.164. The van der Waals surface area contributed by atoms with Crippen molar-refractivity contribution in [2.75, 3.05) is 4.90 Å². The van der Waals surface area contributed by atoms with Gasteiger partial charge in [0, 0.05) is 66.1 Å². The number of hydrogen-bond donors (Lipinski definition) is 0. The van der Waals surface area contributed by atoms with E-state index in [4.69, 9.17) is 13.8 Å². The van der Waals surface area contributed by atoms with Gasteiger partial charge in [-0.05, 0) is 100 Å². The zero-order chi connectivity index (χ0) is 45.5. The van der Waals surface area contributed by atoms with Crippen LogP contribution in [0, 0.1) is 0 Å². The molecule has 5 nitrogen and oxygen atoms in total. The summed E-state index contributed by atoms with van der Waals surface area (Å²) in [6, 6.07) is 76.4. The first kappa shape index (κ1) is 38.2. The topological polar surface area (TPSA) is 46.8 Å². The lowest BCUT2D eigenvalue weighted by Gasteiger charge is -2.28. The molecule has 0 atom stereocenters. The first-order valence-electron chi connectivity index (χ1n) is 23.7. The van der Waals surface area contributed by atoms with E-state index in [1.165, 1.54) is 22.3 Å². The van der Waals surface area contributed by atoms with Crippen molar-refractivity contribution in [1.82, 2.24) is 9.38 Å². The summed E-state index contributed by atoms with van der Waals surface area (Å²) in [5.74, 6) is 0.625. The third-order valence-electron chi connectivity index (χ3n) is 15.0. The largest absolute Gasteiger partial charge is 0.455 e. The molecule has 1 aliphatic carbocycles. The highest BCUT2D eigenvalue weighted by Gasteiger charge is 2.36. The van der Waals surface area contributed by atoms with E-state index in [-0.39, 0.29) is 5.41 Å². The minimum Gasteiger partial charge on any atom is -0.455 e. The number of rotatable bonds is 6. The van der Waals surface area contributed by atoms with E-state index >= 15 is 0 Å². The molecule has 324 valence electrons. The molecular formula is C64H41N3O2. The minimum atomic E-state index is -0.164.